The zero-order chi connectivity index (χ0) is 14.0. The van der Waals surface area contributed by atoms with E-state index < -0.39 is 5.60 Å². The normalized spacial score (nSPS) is 24.1. The van der Waals surface area contributed by atoms with Crippen molar-refractivity contribution in [3.05, 3.63) is 31.9 Å². The topological polar surface area (TPSA) is 66.6 Å². The SMILES string of the molecule is CC1(O)CCCN(c2ccc(I)cc2[N+](=O)[O-])CC1. The second-order valence-corrected chi connectivity index (χ2v) is 6.47. The van der Waals surface area contributed by atoms with Crippen molar-refractivity contribution in [3.63, 3.8) is 0 Å². The third-order valence-electron chi connectivity index (χ3n) is 3.54. The van der Waals surface area contributed by atoms with Gasteiger partial charge in [-0.1, -0.05) is 0 Å². The Balaban J connectivity index is 2.29. The standard InChI is InChI=1S/C13H17IN2O3/c1-13(17)5-2-7-15(8-6-13)11-4-3-10(14)9-12(11)16(18)19/h3-4,9,17H,2,5-8H2,1H3. The van der Waals surface area contributed by atoms with Crippen molar-refractivity contribution in [2.24, 2.45) is 0 Å². The Kier molecular flexibility index (Phi) is 4.29. The molecule has 1 saturated heterocycles. The number of anilines is 1. The smallest absolute Gasteiger partial charge is 0.293 e. The molecule has 2 rings (SSSR count). The molecule has 1 aliphatic heterocycles. The Morgan fingerprint density at radius 1 is 1.42 bits per heavy atom. The molecule has 6 heteroatoms. The van der Waals surface area contributed by atoms with Gasteiger partial charge in [0.05, 0.1) is 10.5 Å². The van der Waals surface area contributed by atoms with E-state index in [1.54, 1.807) is 12.1 Å². The van der Waals surface area contributed by atoms with E-state index in [1.807, 2.05) is 17.9 Å². The number of halogens is 1. The number of nitro benzene ring substituents is 1. The van der Waals surface area contributed by atoms with Crippen LogP contribution < -0.4 is 4.90 Å². The molecular formula is C13H17IN2O3. The molecule has 0 bridgehead atoms. The summed E-state index contributed by atoms with van der Waals surface area (Å²) in [5.41, 5.74) is 0.142. The maximum atomic E-state index is 11.2. The highest BCUT2D eigenvalue weighted by Crippen LogP contribution is 2.32. The molecule has 0 aliphatic carbocycles. The van der Waals surface area contributed by atoms with E-state index in [9.17, 15) is 15.2 Å². The van der Waals surface area contributed by atoms with Crippen molar-refractivity contribution in [2.45, 2.75) is 31.8 Å². The molecule has 0 amide bonds. The Hall–Kier alpha value is -0.890. The fourth-order valence-electron chi connectivity index (χ4n) is 2.41. The first-order valence-electron chi connectivity index (χ1n) is 6.30. The molecule has 1 aromatic carbocycles. The Bertz CT molecular complexity index is 491. The summed E-state index contributed by atoms with van der Waals surface area (Å²) in [7, 11) is 0. The van der Waals surface area contributed by atoms with Gasteiger partial charge in [0.2, 0.25) is 0 Å². The summed E-state index contributed by atoms with van der Waals surface area (Å²) in [5.74, 6) is 0. The molecule has 1 fully saturated rings. The van der Waals surface area contributed by atoms with Crippen LogP contribution in [0.4, 0.5) is 11.4 Å². The van der Waals surface area contributed by atoms with Crippen LogP contribution in [0.15, 0.2) is 18.2 Å². The molecule has 104 valence electrons. The lowest BCUT2D eigenvalue weighted by atomic mass is 9.98. The maximum absolute atomic E-state index is 11.2. The van der Waals surface area contributed by atoms with Crippen molar-refractivity contribution in [1.82, 2.24) is 0 Å². The molecule has 1 N–H and O–H groups in total. The number of benzene rings is 1. The first-order valence-corrected chi connectivity index (χ1v) is 7.38. The van der Waals surface area contributed by atoms with E-state index in [2.05, 4.69) is 22.6 Å². The van der Waals surface area contributed by atoms with Crippen LogP contribution in [0.3, 0.4) is 0 Å². The number of aliphatic hydroxyl groups is 1. The van der Waals surface area contributed by atoms with Crippen molar-refractivity contribution in [2.75, 3.05) is 18.0 Å². The van der Waals surface area contributed by atoms with Crippen LogP contribution in [-0.2, 0) is 0 Å². The third kappa shape index (κ3) is 3.56. The van der Waals surface area contributed by atoms with Crippen LogP contribution in [0.2, 0.25) is 0 Å². The van der Waals surface area contributed by atoms with E-state index in [0.29, 0.717) is 18.7 Å². The van der Waals surface area contributed by atoms with E-state index in [-0.39, 0.29) is 10.6 Å². The first kappa shape index (κ1) is 14.5. The fraction of sp³-hybridized carbons (Fsp3) is 0.538. The van der Waals surface area contributed by atoms with Gasteiger partial charge < -0.3 is 10.0 Å². The number of hydrogen-bond acceptors (Lipinski definition) is 4. The number of nitrogens with zero attached hydrogens (tertiary/aromatic N) is 2. The van der Waals surface area contributed by atoms with Gasteiger partial charge in [-0.25, -0.2) is 0 Å². The van der Waals surface area contributed by atoms with Gasteiger partial charge in [0.25, 0.3) is 5.69 Å². The summed E-state index contributed by atoms with van der Waals surface area (Å²) in [4.78, 5) is 12.8. The molecule has 1 aromatic rings. The van der Waals surface area contributed by atoms with Gasteiger partial charge in [-0.05, 0) is 60.9 Å². The summed E-state index contributed by atoms with van der Waals surface area (Å²) in [5, 5.41) is 21.2. The van der Waals surface area contributed by atoms with E-state index >= 15 is 0 Å². The van der Waals surface area contributed by atoms with Gasteiger partial charge in [0.15, 0.2) is 0 Å². The van der Waals surface area contributed by atoms with Gasteiger partial charge >= 0.3 is 0 Å². The average Bonchev–Trinajstić information content (AvgIpc) is 2.50. The number of nitro groups is 1. The van der Waals surface area contributed by atoms with Crippen LogP contribution >= 0.6 is 22.6 Å². The number of rotatable bonds is 2. The van der Waals surface area contributed by atoms with E-state index in [0.717, 1.165) is 23.0 Å². The monoisotopic (exact) mass is 376 g/mol. The second kappa shape index (κ2) is 5.62. The summed E-state index contributed by atoms with van der Waals surface area (Å²) in [6, 6.07) is 5.28. The molecule has 0 spiro atoms. The quantitative estimate of drug-likeness (QED) is 0.490. The highest BCUT2D eigenvalue weighted by molar-refractivity contribution is 14.1. The fourth-order valence-corrected chi connectivity index (χ4v) is 2.89. The van der Waals surface area contributed by atoms with E-state index in [1.165, 1.54) is 0 Å². The molecule has 1 atom stereocenters. The van der Waals surface area contributed by atoms with Gasteiger partial charge in [0.1, 0.15) is 5.69 Å². The Morgan fingerprint density at radius 2 is 2.16 bits per heavy atom. The minimum absolute atomic E-state index is 0.147. The van der Waals surface area contributed by atoms with Crippen molar-refractivity contribution in [1.29, 1.82) is 0 Å². The predicted octanol–water partition coefficient (Wildman–Crippen LogP) is 2.94. The first-order chi connectivity index (χ1) is 8.89. The van der Waals surface area contributed by atoms with E-state index in [4.69, 9.17) is 0 Å². The molecular weight excluding hydrogens is 359 g/mol. The van der Waals surface area contributed by atoms with Crippen LogP contribution in [-0.4, -0.2) is 28.7 Å². The minimum atomic E-state index is -0.660. The van der Waals surface area contributed by atoms with Crippen LogP contribution in [0.25, 0.3) is 0 Å². The minimum Gasteiger partial charge on any atom is -0.390 e. The third-order valence-corrected chi connectivity index (χ3v) is 4.21. The molecule has 0 saturated carbocycles. The summed E-state index contributed by atoms with van der Waals surface area (Å²) in [6.45, 7) is 3.23. The second-order valence-electron chi connectivity index (χ2n) is 5.23. The summed E-state index contributed by atoms with van der Waals surface area (Å²) < 4.78 is 0.856. The largest absolute Gasteiger partial charge is 0.390 e. The maximum Gasteiger partial charge on any atom is 0.293 e. The molecule has 19 heavy (non-hydrogen) atoms. The van der Waals surface area contributed by atoms with Crippen molar-refractivity contribution < 1.29 is 10.0 Å². The lowest BCUT2D eigenvalue weighted by Crippen LogP contribution is -2.28. The van der Waals surface area contributed by atoms with Crippen molar-refractivity contribution in [3.8, 4) is 0 Å². The highest BCUT2D eigenvalue weighted by atomic mass is 127. The zero-order valence-electron chi connectivity index (χ0n) is 10.8. The van der Waals surface area contributed by atoms with Crippen LogP contribution in [0.5, 0.6) is 0 Å². The molecule has 0 aromatic heterocycles. The summed E-state index contributed by atoms with van der Waals surface area (Å²) >= 11 is 2.08. The van der Waals surface area contributed by atoms with Gasteiger partial charge in [-0.15, -0.1) is 0 Å². The van der Waals surface area contributed by atoms with Crippen LogP contribution in [0.1, 0.15) is 26.2 Å². The van der Waals surface area contributed by atoms with Crippen LogP contribution in [0, 0.1) is 13.7 Å². The molecule has 5 nitrogen and oxygen atoms in total. The predicted molar refractivity (Wildman–Crippen MR) is 82.5 cm³/mol. The zero-order valence-corrected chi connectivity index (χ0v) is 13.0. The van der Waals surface area contributed by atoms with Crippen molar-refractivity contribution >= 4 is 34.0 Å². The molecule has 1 heterocycles. The Labute approximate surface area is 125 Å². The molecule has 1 aliphatic rings. The lowest BCUT2D eigenvalue weighted by Gasteiger charge is -2.24. The van der Waals surface area contributed by atoms with Gasteiger partial charge in [-0.3, -0.25) is 10.1 Å². The van der Waals surface area contributed by atoms with Gasteiger partial charge in [0, 0.05) is 22.7 Å². The average molecular weight is 376 g/mol. The lowest BCUT2D eigenvalue weighted by molar-refractivity contribution is -0.384. The molecule has 0 radical (unpaired) electrons. The highest BCUT2D eigenvalue weighted by Gasteiger charge is 2.27. The Morgan fingerprint density at radius 3 is 2.84 bits per heavy atom. The molecule has 1 unspecified atom stereocenters. The summed E-state index contributed by atoms with van der Waals surface area (Å²) in [6.07, 6.45) is 2.22. The van der Waals surface area contributed by atoms with Gasteiger partial charge in [-0.2, -0.15) is 0 Å². The number of hydrogen-bond donors (Lipinski definition) is 1.